The van der Waals surface area contributed by atoms with Gasteiger partial charge < -0.3 is 20.7 Å². The second-order valence-electron chi connectivity index (χ2n) is 6.88. The van der Waals surface area contributed by atoms with E-state index in [0.717, 1.165) is 48.8 Å². The highest BCUT2D eigenvalue weighted by Gasteiger charge is 2.11. The molecule has 2 heterocycles. The quantitative estimate of drug-likeness (QED) is 0.673. The molecule has 29 heavy (non-hydrogen) atoms. The number of nitrogens with zero attached hydrogens (tertiary/aromatic N) is 3. The molecule has 0 bridgehead atoms. The molecule has 0 radical (unpaired) electrons. The first-order chi connectivity index (χ1) is 14.2. The van der Waals surface area contributed by atoms with Crippen molar-refractivity contribution in [2.75, 3.05) is 36.5 Å². The number of nitrogens with two attached hydrogens (primary N) is 1. The summed E-state index contributed by atoms with van der Waals surface area (Å²) in [5, 5.41) is 3.25. The predicted octanol–water partition coefficient (Wildman–Crippen LogP) is 2.75. The van der Waals surface area contributed by atoms with Crippen LogP contribution in [0.1, 0.15) is 5.56 Å². The molecule has 7 nitrogen and oxygen atoms in total. The van der Waals surface area contributed by atoms with E-state index in [1.54, 1.807) is 6.20 Å². The lowest BCUT2D eigenvalue weighted by Gasteiger charge is -2.28. The molecule has 1 saturated heterocycles. The van der Waals surface area contributed by atoms with Crippen LogP contribution in [0.4, 0.5) is 17.3 Å². The van der Waals surface area contributed by atoms with E-state index in [4.69, 9.17) is 10.5 Å². The Bertz CT molecular complexity index is 985. The van der Waals surface area contributed by atoms with E-state index in [9.17, 15) is 4.79 Å². The van der Waals surface area contributed by atoms with Crippen molar-refractivity contribution >= 4 is 23.2 Å². The van der Waals surface area contributed by atoms with Crippen molar-refractivity contribution in [3.05, 3.63) is 66.4 Å². The maximum atomic E-state index is 11.2. The SMILES string of the molecule is NC(=O)Cc1cccc(-c2ccnc(Nc3ccc(N4CCOCC4)cc3)n2)c1. The van der Waals surface area contributed by atoms with Gasteiger partial charge in [-0.2, -0.15) is 0 Å². The Kier molecular flexibility index (Phi) is 5.67. The van der Waals surface area contributed by atoms with Gasteiger partial charge in [-0.25, -0.2) is 9.97 Å². The van der Waals surface area contributed by atoms with Crippen LogP contribution in [0.3, 0.4) is 0 Å². The van der Waals surface area contributed by atoms with E-state index in [-0.39, 0.29) is 12.3 Å². The topological polar surface area (TPSA) is 93.4 Å². The maximum absolute atomic E-state index is 11.2. The maximum Gasteiger partial charge on any atom is 0.227 e. The van der Waals surface area contributed by atoms with Crippen LogP contribution in [0.25, 0.3) is 11.3 Å². The molecule has 148 valence electrons. The lowest BCUT2D eigenvalue weighted by Crippen LogP contribution is -2.36. The molecule has 0 spiro atoms. The summed E-state index contributed by atoms with van der Waals surface area (Å²) in [5.41, 5.74) is 9.95. The van der Waals surface area contributed by atoms with Crippen molar-refractivity contribution in [3.63, 3.8) is 0 Å². The molecule has 3 N–H and O–H groups in total. The first-order valence-electron chi connectivity index (χ1n) is 9.58. The van der Waals surface area contributed by atoms with E-state index < -0.39 is 0 Å². The summed E-state index contributed by atoms with van der Waals surface area (Å²) in [6.07, 6.45) is 1.92. The van der Waals surface area contributed by atoms with Crippen LogP contribution in [0, 0.1) is 0 Å². The average Bonchev–Trinajstić information content (AvgIpc) is 2.75. The van der Waals surface area contributed by atoms with Gasteiger partial charge in [-0.1, -0.05) is 18.2 Å². The fourth-order valence-electron chi connectivity index (χ4n) is 3.33. The summed E-state index contributed by atoms with van der Waals surface area (Å²) in [6, 6.07) is 17.7. The van der Waals surface area contributed by atoms with Crippen LogP contribution >= 0.6 is 0 Å². The van der Waals surface area contributed by atoms with E-state index in [1.165, 1.54) is 5.69 Å². The van der Waals surface area contributed by atoms with Crippen LogP contribution < -0.4 is 16.0 Å². The molecule has 0 saturated carbocycles. The zero-order chi connectivity index (χ0) is 20.1. The third-order valence-corrected chi connectivity index (χ3v) is 4.76. The summed E-state index contributed by atoms with van der Waals surface area (Å²) < 4.78 is 5.40. The molecular formula is C22H23N5O2. The first kappa shape index (κ1) is 18.9. The second-order valence-corrected chi connectivity index (χ2v) is 6.88. The monoisotopic (exact) mass is 389 g/mol. The van der Waals surface area contributed by atoms with E-state index in [0.29, 0.717) is 5.95 Å². The standard InChI is InChI=1S/C22H23N5O2/c23-21(28)15-16-2-1-3-17(14-16)20-8-9-24-22(26-20)25-18-4-6-19(7-5-18)27-10-12-29-13-11-27/h1-9,14H,10-13,15H2,(H2,23,28)(H,24,25,26). The van der Waals surface area contributed by atoms with E-state index in [1.807, 2.05) is 42.5 Å². The van der Waals surface area contributed by atoms with Gasteiger partial charge >= 0.3 is 0 Å². The average molecular weight is 389 g/mol. The number of amides is 1. The first-order valence-corrected chi connectivity index (χ1v) is 9.58. The van der Waals surface area contributed by atoms with Crippen molar-refractivity contribution in [1.82, 2.24) is 9.97 Å². The van der Waals surface area contributed by atoms with Crippen molar-refractivity contribution in [1.29, 1.82) is 0 Å². The van der Waals surface area contributed by atoms with Crippen molar-refractivity contribution in [3.8, 4) is 11.3 Å². The molecule has 1 aromatic heterocycles. The summed E-state index contributed by atoms with van der Waals surface area (Å²) in [6.45, 7) is 3.35. The van der Waals surface area contributed by atoms with Crippen LogP contribution in [0.2, 0.25) is 0 Å². The Hall–Kier alpha value is -3.45. The van der Waals surface area contributed by atoms with Gasteiger partial charge in [0.1, 0.15) is 0 Å². The van der Waals surface area contributed by atoms with Crippen LogP contribution in [0.15, 0.2) is 60.8 Å². The number of benzene rings is 2. The number of morpholine rings is 1. The molecule has 0 atom stereocenters. The van der Waals surface area contributed by atoms with E-state index >= 15 is 0 Å². The third kappa shape index (κ3) is 4.89. The molecule has 1 aliphatic heterocycles. The molecule has 1 fully saturated rings. The fourth-order valence-corrected chi connectivity index (χ4v) is 3.33. The van der Waals surface area contributed by atoms with Gasteiger partial charge in [0.15, 0.2) is 0 Å². The number of carbonyl (C=O) groups is 1. The molecule has 0 unspecified atom stereocenters. The van der Waals surface area contributed by atoms with Crippen molar-refractivity contribution in [2.24, 2.45) is 5.73 Å². The Morgan fingerprint density at radius 1 is 1.10 bits per heavy atom. The summed E-state index contributed by atoms with van der Waals surface area (Å²) in [7, 11) is 0. The molecule has 0 aliphatic carbocycles. The smallest absolute Gasteiger partial charge is 0.227 e. The van der Waals surface area contributed by atoms with Gasteiger partial charge in [0, 0.05) is 36.2 Å². The molecule has 7 heteroatoms. The number of anilines is 3. The highest BCUT2D eigenvalue weighted by Crippen LogP contribution is 2.23. The number of rotatable bonds is 6. The number of aromatic nitrogens is 2. The van der Waals surface area contributed by atoms with Gasteiger partial charge in [0.05, 0.1) is 25.3 Å². The lowest BCUT2D eigenvalue weighted by atomic mass is 10.1. The zero-order valence-electron chi connectivity index (χ0n) is 16.0. The normalized spacial score (nSPS) is 13.9. The minimum Gasteiger partial charge on any atom is -0.378 e. The number of primary amides is 1. The number of nitrogens with one attached hydrogen (secondary N) is 1. The molecule has 1 aliphatic rings. The molecule has 3 aromatic rings. The number of hydrogen-bond acceptors (Lipinski definition) is 6. The van der Waals surface area contributed by atoms with Crippen LogP contribution in [-0.4, -0.2) is 42.2 Å². The summed E-state index contributed by atoms with van der Waals surface area (Å²) in [5.74, 6) is 0.162. The third-order valence-electron chi connectivity index (χ3n) is 4.76. The van der Waals surface area contributed by atoms with Crippen molar-refractivity contribution < 1.29 is 9.53 Å². The number of carbonyl (C=O) groups excluding carboxylic acids is 1. The van der Waals surface area contributed by atoms with Crippen LogP contribution in [0.5, 0.6) is 0 Å². The van der Waals surface area contributed by atoms with Gasteiger partial charge in [0.25, 0.3) is 0 Å². The van der Waals surface area contributed by atoms with Crippen LogP contribution in [-0.2, 0) is 16.0 Å². The Morgan fingerprint density at radius 3 is 2.66 bits per heavy atom. The minimum atomic E-state index is -0.354. The Morgan fingerprint density at radius 2 is 1.90 bits per heavy atom. The van der Waals surface area contributed by atoms with Gasteiger partial charge in [-0.15, -0.1) is 0 Å². The molecule has 1 amide bonds. The number of ether oxygens (including phenoxy) is 1. The highest BCUT2D eigenvalue weighted by molar-refractivity contribution is 5.77. The second kappa shape index (κ2) is 8.70. The minimum absolute atomic E-state index is 0.208. The molecular weight excluding hydrogens is 366 g/mol. The van der Waals surface area contributed by atoms with Gasteiger partial charge in [-0.05, 0) is 42.0 Å². The lowest BCUT2D eigenvalue weighted by molar-refractivity contribution is -0.117. The zero-order valence-corrected chi connectivity index (χ0v) is 16.0. The predicted molar refractivity (Wildman–Crippen MR) is 113 cm³/mol. The summed E-state index contributed by atoms with van der Waals surface area (Å²) >= 11 is 0. The number of hydrogen-bond donors (Lipinski definition) is 2. The van der Waals surface area contributed by atoms with Crippen molar-refractivity contribution in [2.45, 2.75) is 6.42 Å². The van der Waals surface area contributed by atoms with Gasteiger partial charge in [-0.3, -0.25) is 4.79 Å². The fraction of sp³-hybridized carbons (Fsp3) is 0.227. The highest BCUT2D eigenvalue weighted by atomic mass is 16.5. The van der Waals surface area contributed by atoms with Gasteiger partial charge in [0.2, 0.25) is 11.9 Å². The summed E-state index contributed by atoms with van der Waals surface area (Å²) in [4.78, 5) is 22.4. The largest absolute Gasteiger partial charge is 0.378 e. The van der Waals surface area contributed by atoms with E-state index in [2.05, 4.69) is 32.3 Å². The Balaban J connectivity index is 1.48. The molecule has 2 aromatic carbocycles. The Labute approximate surface area is 169 Å². The molecule has 4 rings (SSSR count).